The highest BCUT2D eigenvalue weighted by atomic mass is 35.5. The van der Waals surface area contributed by atoms with Crippen molar-refractivity contribution in [3.63, 3.8) is 0 Å². The molecule has 0 radical (unpaired) electrons. The number of halogens is 1. The van der Waals surface area contributed by atoms with Gasteiger partial charge in [0.15, 0.2) is 6.10 Å². The maximum absolute atomic E-state index is 11.8. The quantitative estimate of drug-likeness (QED) is 0.717. The molecule has 0 fully saturated rings. The summed E-state index contributed by atoms with van der Waals surface area (Å²) in [5.74, 6) is -0.348. The van der Waals surface area contributed by atoms with Crippen molar-refractivity contribution in [1.82, 2.24) is 0 Å². The molecule has 1 heterocycles. The van der Waals surface area contributed by atoms with Crippen LogP contribution in [0.1, 0.15) is 27.6 Å². The van der Waals surface area contributed by atoms with Gasteiger partial charge in [-0.1, -0.05) is 54.1 Å². The second-order valence-corrected chi connectivity index (χ2v) is 4.31. The number of carbonyl (C=O) groups is 1. The maximum Gasteiger partial charge on any atom is 0.341 e. The molecule has 3 heteroatoms. The number of hydrogen-bond donors (Lipinski definition) is 0. The van der Waals surface area contributed by atoms with E-state index < -0.39 is 0 Å². The Labute approximate surface area is 104 Å². The summed E-state index contributed by atoms with van der Waals surface area (Å²) in [6.07, 6.45) is -0.336. The van der Waals surface area contributed by atoms with E-state index >= 15 is 0 Å². The van der Waals surface area contributed by atoms with Crippen molar-refractivity contribution in [2.45, 2.75) is 6.10 Å². The van der Waals surface area contributed by atoms with E-state index in [9.17, 15) is 4.79 Å². The van der Waals surface area contributed by atoms with Gasteiger partial charge in [0, 0.05) is 5.56 Å². The van der Waals surface area contributed by atoms with E-state index in [1.807, 2.05) is 42.5 Å². The lowest BCUT2D eigenvalue weighted by Crippen LogP contribution is -2.00. The Morgan fingerprint density at radius 2 is 1.76 bits per heavy atom. The lowest BCUT2D eigenvalue weighted by molar-refractivity contribution is 0.0456. The molecule has 3 rings (SSSR count). The molecule has 0 aliphatic carbocycles. The van der Waals surface area contributed by atoms with Crippen LogP contribution in [0.25, 0.3) is 0 Å². The monoisotopic (exact) mass is 244 g/mol. The summed E-state index contributed by atoms with van der Waals surface area (Å²) < 4.78 is 5.38. The van der Waals surface area contributed by atoms with Crippen molar-refractivity contribution in [2.24, 2.45) is 0 Å². The minimum atomic E-state index is -0.348. The van der Waals surface area contributed by atoms with E-state index in [0.29, 0.717) is 10.6 Å². The minimum absolute atomic E-state index is 0.336. The summed E-state index contributed by atoms with van der Waals surface area (Å²) in [7, 11) is 0. The standard InChI is InChI=1S/C14H9ClO2/c15-11-8-4-7-10-12(11)14(16)17-13(10)9-5-2-1-3-6-9/h1-8,13H. The summed E-state index contributed by atoms with van der Waals surface area (Å²) >= 11 is 6.02. The van der Waals surface area contributed by atoms with Gasteiger partial charge in [-0.2, -0.15) is 0 Å². The second kappa shape index (κ2) is 3.90. The first kappa shape index (κ1) is 10.4. The van der Waals surface area contributed by atoms with Gasteiger partial charge < -0.3 is 4.74 Å². The van der Waals surface area contributed by atoms with Gasteiger partial charge in [-0.3, -0.25) is 0 Å². The molecule has 0 aromatic heterocycles. The third kappa shape index (κ3) is 1.61. The van der Waals surface area contributed by atoms with Crippen LogP contribution in [0, 0.1) is 0 Å². The Balaban J connectivity index is 2.14. The fourth-order valence-electron chi connectivity index (χ4n) is 2.08. The van der Waals surface area contributed by atoms with Gasteiger partial charge in [0.05, 0.1) is 10.6 Å². The largest absolute Gasteiger partial charge is 0.449 e. The molecule has 17 heavy (non-hydrogen) atoms. The zero-order valence-electron chi connectivity index (χ0n) is 8.89. The summed E-state index contributed by atoms with van der Waals surface area (Å²) in [4.78, 5) is 11.8. The first-order chi connectivity index (χ1) is 8.27. The molecule has 1 unspecified atom stereocenters. The van der Waals surface area contributed by atoms with Crippen molar-refractivity contribution < 1.29 is 9.53 Å². The van der Waals surface area contributed by atoms with Gasteiger partial charge >= 0.3 is 5.97 Å². The molecule has 0 saturated carbocycles. The highest BCUT2D eigenvalue weighted by Crippen LogP contribution is 2.38. The third-order valence-corrected chi connectivity index (χ3v) is 3.17. The number of rotatable bonds is 1. The maximum atomic E-state index is 11.8. The SMILES string of the molecule is O=C1OC(c2ccccc2)c2cccc(Cl)c21. The van der Waals surface area contributed by atoms with Crippen LogP contribution in [0.4, 0.5) is 0 Å². The van der Waals surface area contributed by atoms with Crippen molar-refractivity contribution >= 4 is 17.6 Å². The molecule has 2 aromatic carbocycles. The molecule has 0 saturated heterocycles. The Morgan fingerprint density at radius 3 is 2.53 bits per heavy atom. The zero-order chi connectivity index (χ0) is 11.8. The zero-order valence-corrected chi connectivity index (χ0v) is 9.65. The summed E-state index contributed by atoms with van der Waals surface area (Å²) in [5.41, 5.74) is 2.29. The van der Waals surface area contributed by atoms with Gasteiger partial charge in [-0.05, 0) is 11.6 Å². The Bertz CT molecular complexity index is 578. The van der Waals surface area contributed by atoms with Crippen molar-refractivity contribution in [3.05, 3.63) is 70.2 Å². The fourth-order valence-corrected chi connectivity index (χ4v) is 2.34. The van der Waals surface area contributed by atoms with Crippen LogP contribution in [-0.2, 0) is 4.74 Å². The third-order valence-electron chi connectivity index (χ3n) is 2.86. The molecule has 1 aliphatic heterocycles. The van der Waals surface area contributed by atoms with Crippen LogP contribution in [-0.4, -0.2) is 5.97 Å². The van der Waals surface area contributed by atoms with Gasteiger partial charge in [-0.25, -0.2) is 4.79 Å². The smallest absolute Gasteiger partial charge is 0.341 e. The number of ether oxygens (including phenoxy) is 1. The molecule has 0 N–H and O–H groups in total. The molecule has 0 bridgehead atoms. The first-order valence-corrected chi connectivity index (χ1v) is 5.69. The summed E-state index contributed by atoms with van der Waals surface area (Å²) in [6, 6.07) is 15.1. The molecule has 0 spiro atoms. The van der Waals surface area contributed by atoms with E-state index in [-0.39, 0.29) is 12.1 Å². The van der Waals surface area contributed by atoms with Gasteiger partial charge in [0.2, 0.25) is 0 Å². The van der Waals surface area contributed by atoms with Crippen LogP contribution in [0.15, 0.2) is 48.5 Å². The van der Waals surface area contributed by atoms with Gasteiger partial charge in [0.1, 0.15) is 0 Å². The Kier molecular flexibility index (Phi) is 2.37. The highest BCUT2D eigenvalue weighted by Gasteiger charge is 2.33. The van der Waals surface area contributed by atoms with Crippen molar-refractivity contribution in [3.8, 4) is 0 Å². The minimum Gasteiger partial charge on any atom is -0.449 e. The van der Waals surface area contributed by atoms with E-state index in [1.54, 1.807) is 6.07 Å². The average molecular weight is 245 g/mol. The van der Waals surface area contributed by atoms with E-state index in [2.05, 4.69) is 0 Å². The lowest BCUT2D eigenvalue weighted by atomic mass is 9.99. The molecule has 2 nitrogen and oxygen atoms in total. The predicted molar refractivity (Wildman–Crippen MR) is 65.2 cm³/mol. The molecule has 2 aromatic rings. The molecule has 1 aliphatic rings. The van der Waals surface area contributed by atoms with E-state index in [1.165, 1.54) is 0 Å². The predicted octanol–water partition coefficient (Wildman–Crippen LogP) is 3.60. The number of cyclic esters (lactones) is 1. The van der Waals surface area contributed by atoms with Crippen LogP contribution < -0.4 is 0 Å². The number of esters is 1. The van der Waals surface area contributed by atoms with Gasteiger partial charge in [-0.15, -0.1) is 0 Å². The molecule has 0 amide bonds. The topological polar surface area (TPSA) is 26.3 Å². The Hall–Kier alpha value is -1.80. The van der Waals surface area contributed by atoms with Crippen LogP contribution in [0.3, 0.4) is 0 Å². The Morgan fingerprint density at radius 1 is 1.00 bits per heavy atom. The lowest BCUT2D eigenvalue weighted by Gasteiger charge is -2.10. The van der Waals surface area contributed by atoms with Crippen LogP contribution in [0.2, 0.25) is 5.02 Å². The average Bonchev–Trinajstić information content (AvgIpc) is 2.69. The molecular weight excluding hydrogens is 236 g/mol. The second-order valence-electron chi connectivity index (χ2n) is 3.90. The summed E-state index contributed by atoms with van der Waals surface area (Å²) in [5, 5.41) is 0.450. The number of benzene rings is 2. The number of carbonyl (C=O) groups excluding carboxylic acids is 1. The van der Waals surface area contributed by atoms with E-state index in [0.717, 1.165) is 11.1 Å². The van der Waals surface area contributed by atoms with E-state index in [4.69, 9.17) is 16.3 Å². The molecule has 84 valence electrons. The highest BCUT2D eigenvalue weighted by molar-refractivity contribution is 6.34. The van der Waals surface area contributed by atoms with Gasteiger partial charge in [0.25, 0.3) is 0 Å². The van der Waals surface area contributed by atoms with Crippen molar-refractivity contribution in [1.29, 1.82) is 0 Å². The molecule has 1 atom stereocenters. The number of fused-ring (bicyclic) bond motifs is 1. The van der Waals surface area contributed by atoms with Crippen molar-refractivity contribution in [2.75, 3.05) is 0 Å². The number of hydrogen-bond acceptors (Lipinski definition) is 2. The van der Waals surface area contributed by atoms with Crippen LogP contribution >= 0.6 is 11.6 Å². The van der Waals surface area contributed by atoms with Crippen LogP contribution in [0.5, 0.6) is 0 Å². The fraction of sp³-hybridized carbons (Fsp3) is 0.0714. The summed E-state index contributed by atoms with van der Waals surface area (Å²) in [6.45, 7) is 0. The normalized spacial score (nSPS) is 17.7. The first-order valence-electron chi connectivity index (χ1n) is 5.31. The molecular formula is C14H9ClO2.